The molecule has 0 aliphatic carbocycles. The van der Waals surface area contributed by atoms with Crippen molar-refractivity contribution in [3.05, 3.63) is 69.7 Å². The van der Waals surface area contributed by atoms with Gasteiger partial charge in [0.15, 0.2) is 9.84 Å². The molecule has 1 aliphatic rings. The highest BCUT2D eigenvalue weighted by molar-refractivity contribution is 7.91. The predicted octanol–water partition coefficient (Wildman–Crippen LogP) is 3.82. The van der Waals surface area contributed by atoms with Crippen LogP contribution < -0.4 is 0 Å². The molecule has 132 valence electrons. The van der Waals surface area contributed by atoms with Crippen LogP contribution in [-0.4, -0.2) is 36.8 Å². The van der Waals surface area contributed by atoms with E-state index in [9.17, 15) is 13.2 Å². The topological polar surface area (TPSA) is 54.5 Å². The quantitative estimate of drug-likeness (QED) is 0.787. The summed E-state index contributed by atoms with van der Waals surface area (Å²) in [5.74, 6) is -0.108. The molecule has 1 aliphatic heterocycles. The summed E-state index contributed by atoms with van der Waals surface area (Å²) >= 11 is 11.9. The van der Waals surface area contributed by atoms with E-state index in [2.05, 4.69) is 0 Å². The maximum atomic E-state index is 13.0. The Morgan fingerprint density at radius 2 is 1.80 bits per heavy atom. The van der Waals surface area contributed by atoms with Gasteiger partial charge in [-0.05, 0) is 48.4 Å². The Kier molecular flexibility index (Phi) is 5.37. The van der Waals surface area contributed by atoms with E-state index < -0.39 is 9.84 Å². The van der Waals surface area contributed by atoms with Gasteiger partial charge in [0, 0.05) is 28.2 Å². The molecule has 0 bridgehead atoms. The second kappa shape index (κ2) is 7.36. The summed E-state index contributed by atoms with van der Waals surface area (Å²) in [6.07, 6.45) is 0.447. The van der Waals surface area contributed by atoms with Crippen LogP contribution in [0.3, 0.4) is 0 Å². The summed E-state index contributed by atoms with van der Waals surface area (Å²) in [5, 5.41) is 1.12. The lowest BCUT2D eigenvalue weighted by Crippen LogP contribution is -2.40. The van der Waals surface area contributed by atoms with Crippen molar-refractivity contribution in [1.82, 2.24) is 4.90 Å². The number of carbonyl (C=O) groups is 1. The summed E-state index contributed by atoms with van der Waals surface area (Å²) in [4.78, 5) is 14.6. The van der Waals surface area contributed by atoms with Gasteiger partial charge >= 0.3 is 0 Å². The zero-order valence-corrected chi connectivity index (χ0v) is 15.7. The molecule has 2 aromatic rings. The molecule has 2 aromatic carbocycles. The Labute approximate surface area is 157 Å². The Morgan fingerprint density at radius 1 is 1.08 bits per heavy atom. The largest absolute Gasteiger partial charge is 0.330 e. The van der Waals surface area contributed by atoms with Crippen molar-refractivity contribution in [1.29, 1.82) is 0 Å². The number of hydrogen-bond donors (Lipinski definition) is 0. The standard InChI is InChI=1S/C18H17Cl2NO3S/c19-15-6-4-14(5-7-15)18(22)21(17-8-9-25(23,24)12-17)11-13-2-1-3-16(20)10-13/h1-7,10,17H,8-9,11-12H2/t17-/m0/s1. The van der Waals surface area contributed by atoms with E-state index in [1.165, 1.54) is 0 Å². The molecule has 1 amide bonds. The number of amides is 1. The zero-order chi connectivity index (χ0) is 18.0. The van der Waals surface area contributed by atoms with Gasteiger partial charge in [0.1, 0.15) is 0 Å². The van der Waals surface area contributed by atoms with Crippen molar-refractivity contribution >= 4 is 38.9 Å². The second-order valence-electron chi connectivity index (χ2n) is 6.13. The van der Waals surface area contributed by atoms with Gasteiger partial charge in [-0.15, -0.1) is 0 Å². The molecule has 1 fully saturated rings. The highest BCUT2D eigenvalue weighted by Crippen LogP contribution is 2.24. The number of benzene rings is 2. The zero-order valence-electron chi connectivity index (χ0n) is 13.4. The van der Waals surface area contributed by atoms with E-state index >= 15 is 0 Å². The first-order chi connectivity index (χ1) is 11.8. The van der Waals surface area contributed by atoms with Gasteiger partial charge < -0.3 is 4.90 Å². The maximum absolute atomic E-state index is 13.0. The maximum Gasteiger partial charge on any atom is 0.254 e. The Bertz CT molecular complexity index is 881. The number of nitrogens with zero attached hydrogens (tertiary/aromatic N) is 1. The molecule has 25 heavy (non-hydrogen) atoms. The van der Waals surface area contributed by atoms with E-state index in [0.29, 0.717) is 28.6 Å². The van der Waals surface area contributed by atoms with Crippen LogP contribution in [0.2, 0.25) is 10.0 Å². The van der Waals surface area contributed by atoms with Crippen molar-refractivity contribution in [2.24, 2.45) is 0 Å². The van der Waals surface area contributed by atoms with Crippen LogP contribution >= 0.6 is 23.2 Å². The molecule has 0 N–H and O–H groups in total. The smallest absolute Gasteiger partial charge is 0.254 e. The first-order valence-electron chi connectivity index (χ1n) is 7.85. The number of hydrogen-bond acceptors (Lipinski definition) is 3. The predicted molar refractivity (Wildman–Crippen MR) is 99.8 cm³/mol. The van der Waals surface area contributed by atoms with E-state index in [1.54, 1.807) is 41.3 Å². The SMILES string of the molecule is O=C(c1ccc(Cl)cc1)N(Cc1cccc(Cl)c1)[C@H]1CCS(=O)(=O)C1. The minimum absolute atomic E-state index is 0.00705. The molecule has 0 radical (unpaired) electrons. The van der Waals surface area contributed by atoms with Crippen molar-refractivity contribution in [3.63, 3.8) is 0 Å². The molecular weight excluding hydrogens is 381 g/mol. The molecule has 0 aromatic heterocycles. The molecular formula is C18H17Cl2NO3S. The third kappa shape index (κ3) is 4.54. The van der Waals surface area contributed by atoms with E-state index in [1.807, 2.05) is 12.1 Å². The number of halogens is 2. The lowest BCUT2D eigenvalue weighted by Gasteiger charge is -2.28. The van der Waals surface area contributed by atoms with Crippen molar-refractivity contribution in [3.8, 4) is 0 Å². The van der Waals surface area contributed by atoms with Crippen LogP contribution in [0.5, 0.6) is 0 Å². The fourth-order valence-corrected chi connectivity index (χ4v) is 5.05. The van der Waals surface area contributed by atoms with Gasteiger partial charge in [-0.1, -0.05) is 35.3 Å². The van der Waals surface area contributed by atoms with Gasteiger partial charge in [-0.3, -0.25) is 4.79 Å². The highest BCUT2D eigenvalue weighted by Gasteiger charge is 2.35. The minimum atomic E-state index is -3.10. The van der Waals surface area contributed by atoms with Crippen LogP contribution in [0.4, 0.5) is 0 Å². The molecule has 7 heteroatoms. The molecule has 0 saturated carbocycles. The van der Waals surface area contributed by atoms with Crippen LogP contribution in [0.1, 0.15) is 22.3 Å². The Hall–Kier alpha value is -1.56. The second-order valence-corrected chi connectivity index (χ2v) is 9.23. The highest BCUT2D eigenvalue weighted by atomic mass is 35.5. The van der Waals surface area contributed by atoms with Crippen LogP contribution in [0.25, 0.3) is 0 Å². The molecule has 1 atom stereocenters. The first kappa shape index (κ1) is 18.2. The van der Waals surface area contributed by atoms with Gasteiger partial charge in [0.05, 0.1) is 11.5 Å². The Balaban J connectivity index is 1.91. The fraction of sp³-hybridized carbons (Fsp3) is 0.278. The lowest BCUT2D eigenvalue weighted by atomic mass is 10.1. The summed E-state index contributed by atoms with van der Waals surface area (Å²) < 4.78 is 23.8. The number of carbonyl (C=O) groups excluding carboxylic acids is 1. The van der Waals surface area contributed by atoms with Gasteiger partial charge in [-0.25, -0.2) is 8.42 Å². The minimum Gasteiger partial charge on any atom is -0.330 e. The normalized spacial score (nSPS) is 18.9. The summed E-state index contributed by atoms with van der Waals surface area (Å²) in [6.45, 7) is 0.308. The van der Waals surface area contributed by atoms with Crippen LogP contribution in [0, 0.1) is 0 Å². The summed E-state index contributed by atoms with van der Waals surface area (Å²) in [7, 11) is -3.10. The van der Waals surface area contributed by atoms with Gasteiger partial charge in [0.25, 0.3) is 5.91 Å². The molecule has 3 rings (SSSR count). The Morgan fingerprint density at radius 3 is 2.40 bits per heavy atom. The van der Waals surface area contributed by atoms with Crippen LogP contribution in [-0.2, 0) is 16.4 Å². The number of sulfone groups is 1. The monoisotopic (exact) mass is 397 g/mol. The third-order valence-corrected chi connectivity index (χ3v) is 6.48. The summed E-state index contributed by atoms with van der Waals surface area (Å²) in [6, 6.07) is 13.5. The first-order valence-corrected chi connectivity index (χ1v) is 10.4. The average molecular weight is 398 g/mol. The third-order valence-electron chi connectivity index (χ3n) is 4.24. The van der Waals surface area contributed by atoms with E-state index in [0.717, 1.165) is 5.56 Å². The van der Waals surface area contributed by atoms with Crippen molar-refractivity contribution in [2.45, 2.75) is 19.0 Å². The van der Waals surface area contributed by atoms with Crippen molar-refractivity contribution in [2.75, 3.05) is 11.5 Å². The van der Waals surface area contributed by atoms with Crippen molar-refractivity contribution < 1.29 is 13.2 Å². The van der Waals surface area contributed by atoms with Gasteiger partial charge in [0.2, 0.25) is 0 Å². The number of rotatable bonds is 4. The van der Waals surface area contributed by atoms with E-state index in [-0.39, 0.29) is 23.5 Å². The van der Waals surface area contributed by atoms with E-state index in [4.69, 9.17) is 23.2 Å². The van der Waals surface area contributed by atoms with Crippen LogP contribution in [0.15, 0.2) is 48.5 Å². The molecule has 0 spiro atoms. The molecule has 1 saturated heterocycles. The van der Waals surface area contributed by atoms with Gasteiger partial charge in [-0.2, -0.15) is 0 Å². The molecule has 0 unspecified atom stereocenters. The fourth-order valence-electron chi connectivity index (χ4n) is 2.98. The average Bonchev–Trinajstić information content (AvgIpc) is 2.92. The lowest BCUT2D eigenvalue weighted by molar-refractivity contribution is 0.0681. The molecule has 1 heterocycles. The molecule has 4 nitrogen and oxygen atoms in total. The summed E-state index contributed by atoms with van der Waals surface area (Å²) in [5.41, 5.74) is 1.34.